The van der Waals surface area contributed by atoms with Gasteiger partial charge in [0.25, 0.3) is 5.91 Å². The number of imide groups is 1. The molecule has 30 heavy (non-hydrogen) atoms. The van der Waals surface area contributed by atoms with Crippen molar-refractivity contribution in [3.63, 3.8) is 0 Å². The van der Waals surface area contributed by atoms with E-state index in [2.05, 4.69) is 10.6 Å². The van der Waals surface area contributed by atoms with Crippen molar-refractivity contribution in [2.75, 3.05) is 13.7 Å². The smallest absolute Gasteiger partial charge is 0.384 e. The van der Waals surface area contributed by atoms with E-state index in [1.54, 1.807) is 0 Å². The molecule has 4 rings (SSSR count). The number of urea groups is 1. The van der Waals surface area contributed by atoms with Gasteiger partial charge in [-0.25, -0.2) is 4.79 Å². The maximum atomic E-state index is 13.2. The summed E-state index contributed by atoms with van der Waals surface area (Å²) in [6.45, 7) is 0.298. The van der Waals surface area contributed by atoms with Crippen molar-refractivity contribution < 1.29 is 32.3 Å². The van der Waals surface area contributed by atoms with Gasteiger partial charge in [-0.1, -0.05) is 6.07 Å². The molecule has 1 aromatic carbocycles. The molecule has 2 unspecified atom stereocenters. The molecule has 0 spiro atoms. The number of fused-ring (bicyclic) bond motifs is 1. The number of alkyl halides is 3. The molecule has 2 aliphatic heterocycles. The van der Waals surface area contributed by atoms with Gasteiger partial charge in [0.2, 0.25) is 5.91 Å². The van der Waals surface area contributed by atoms with E-state index in [-0.39, 0.29) is 37.9 Å². The van der Waals surface area contributed by atoms with Crippen molar-refractivity contribution in [3.05, 3.63) is 34.9 Å². The van der Waals surface area contributed by atoms with E-state index in [0.717, 1.165) is 25.0 Å². The SMILES string of the molecule is COCC(CC1(C2CC2)NC(=O)NC1=O)C(=O)N1Cc2ccc(C(F)(F)F)cc2C1. The van der Waals surface area contributed by atoms with Crippen molar-refractivity contribution in [1.82, 2.24) is 15.5 Å². The summed E-state index contributed by atoms with van der Waals surface area (Å²) in [5.41, 5.74) is -0.775. The average molecular weight is 425 g/mol. The molecule has 0 bridgehead atoms. The molecule has 2 fully saturated rings. The van der Waals surface area contributed by atoms with Crippen molar-refractivity contribution in [2.24, 2.45) is 11.8 Å². The van der Waals surface area contributed by atoms with Crippen LogP contribution in [0.3, 0.4) is 0 Å². The van der Waals surface area contributed by atoms with E-state index in [1.165, 1.54) is 18.1 Å². The molecule has 10 heteroatoms. The number of amides is 4. The first kappa shape index (κ1) is 20.6. The molecule has 1 saturated carbocycles. The van der Waals surface area contributed by atoms with E-state index < -0.39 is 35.1 Å². The number of hydrogen-bond acceptors (Lipinski definition) is 4. The van der Waals surface area contributed by atoms with E-state index in [0.29, 0.717) is 11.1 Å². The molecule has 1 aliphatic carbocycles. The Labute approximate surface area is 170 Å². The number of benzene rings is 1. The summed E-state index contributed by atoms with van der Waals surface area (Å²) in [5, 5.41) is 4.96. The molecule has 2 atom stereocenters. The number of methoxy groups -OCH3 is 1. The van der Waals surface area contributed by atoms with Crippen LogP contribution >= 0.6 is 0 Å². The van der Waals surface area contributed by atoms with E-state index in [9.17, 15) is 27.6 Å². The molecular formula is C20H22F3N3O4. The minimum absolute atomic E-state index is 0.0388. The Morgan fingerprint density at radius 2 is 1.97 bits per heavy atom. The maximum absolute atomic E-state index is 13.2. The van der Waals surface area contributed by atoms with Crippen LogP contribution in [0.4, 0.5) is 18.0 Å². The van der Waals surface area contributed by atoms with Crippen molar-refractivity contribution in [3.8, 4) is 0 Å². The van der Waals surface area contributed by atoms with Gasteiger partial charge in [0.05, 0.1) is 18.1 Å². The van der Waals surface area contributed by atoms with Gasteiger partial charge in [0.1, 0.15) is 5.54 Å². The summed E-state index contributed by atoms with van der Waals surface area (Å²) in [6, 6.07) is 2.90. The first-order valence-corrected chi connectivity index (χ1v) is 9.74. The van der Waals surface area contributed by atoms with Crippen molar-refractivity contribution in [2.45, 2.75) is 44.1 Å². The number of ether oxygens (including phenoxy) is 1. The Bertz CT molecular complexity index is 900. The zero-order valence-electron chi connectivity index (χ0n) is 16.3. The van der Waals surface area contributed by atoms with Gasteiger partial charge in [-0.05, 0) is 48.4 Å². The fourth-order valence-electron chi connectivity index (χ4n) is 4.47. The van der Waals surface area contributed by atoms with Crippen LogP contribution in [0.1, 0.15) is 36.0 Å². The molecule has 2 heterocycles. The number of nitrogens with one attached hydrogen (secondary N) is 2. The number of hydrogen-bond donors (Lipinski definition) is 2. The second-order valence-corrected chi connectivity index (χ2v) is 8.19. The number of rotatable bonds is 6. The lowest BCUT2D eigenvalue weighted by Crippen LogP contribution is -2.52. The second kappa shape index (κ2) is 7.26. The van der Waals surface area contributed by atoms with Gasteiger partial charge in [-0.15, -0.1) is 0 Å². The number of halogens is 3. The Kier molecular flexibility index (Phi) is 5.00. The van der Waals surface area contributed by atoms with Gasteiger partial charge in [0, 0.05) is 20.2 Å². The van der Waals surface area contributed by atoms with Crippen molar-refractivity contribution in [1.29, 1.82) is 0 Å². The molecule has 1 aromatic rings. The Hall–Kier alpha value is -2.62. The Balaban J connectivity index is 1.53. The lowest BCUT2D eigenvalue weighted by molar-refractivity contribution is -0.140. The highest BCUT2D eigenvalue weighted by Crippen LogP contribution is 2.45. The topological polar surface area (TPSA) is 87.7 Å². The first-order chi connectivity index (χ1) is 14.1. The van der Waals surface area contributed by atoms with Crippen LogP contribution in [0.25, 0.3) is 0 Å². The monoisotopic (exact) mass is 425 g/mol. The van der Waals surface area contributed by atoms with Gasteiger partial charge in [-0.3, -0.25) is 14.9 Å². The Morgan fingerprint density at radius 3 is 2.53 bits per heavy atom. The number of carbonyl (C=O) groups excluding carboxylic acids is 3. The van der Waals surface area contributed by atoms with E-state index >= 15 is 0 Å². The van der Waals surface area contributed by atoms with Crippen molar-refractivity contribution >= 4 is 17.8 Å². The quantitative estimate of drug-likeness (QED) is 0.684. The third kappa shape index (κ3) is 3.64. The summed E-state index contributed by atoms with van der Waals surface area (Å²) >= 11 is 0. The number of nitrogens with zero attached hydrogens (tertiary/aromatic N) is 1. The highest BCUT2D eigenvalue weighted by atomic mass is 19.4. The van der Waals surface area contributed by atoms with Gasteiger partial charge >= 0.3 is 12.2 Å². The Morgan fingerprint density at radius 1 is 1.27 bits per heavy atom. The molecule has 7 nitrogen and oxygen atoms in total. The predicted molar refractivity (Wildman–Crippen MR) is 97.8 cm³/mol. The summed E-state index contributed by atoms with van der Waals surface area (Å²) in [7, 11) is 1.44. The third-order valence-corrected chi connectivity index (χ3v) is 6.10. The lowest BCUT2D eigenvalue weighted by atomic mass is 9.82. The fraction of sp³-hybridized carbons (Fsp3) is 0.550. The van der Waals surface area contributed by atoms with Crippen LogP contribution in [0.15, 0.2) is 18.2 Å². The third-order valence-electron chi connectivity index (χ3n) is 6.10. The van der Waals surface area contributed by atoms with Gasteiger partial charge in [-0.2, -0.15) is 13.2 Å². The van der Waals surface area contributed by atoms with Crippen LogP contribution < -0.4 is 10.6 Å². The summed E-state index contributed by atoms with van der Waals surface area (Å²) in [5.74, 6) is -1.50. The second-order valence-electron chi connectivity index (χ2n) is 8.19. The zero-order chi connectivity index (χ0) is 21.7. The van der Waals surface area contributed by atoms with Crippen LogP contribution in [0.2, 0.25) is 0 Å². The number of carbonyl (C=O) groups is 3. The van der Waals surface area contributed by atoms with Gasteiger partial charge < -0.3 is 15.0 Å². The molecule has 0 radical (unpaired) electrons. The average Bonchev–Trinajstić information content (AvgIpc) is 3.37. The zero-order valence-corrected chi connectivity index (χ0v) is 16.3. The highest BCUT2D eigenvalue weighted by Gasteiger charge is 2.57. The van der Waals surface area contributed by atoms with Crippen LogP contribution in [-0.4, -0.2) is 42.0 Å². The van der Waals surface area contributed by atoms with E-state index in [4.69, 9.17) is 4.74 Å². The minimum atomic E-state index is -4.45. The van der Waals surface area contributed by atoms with Crippen LogP contribution in [0, 0.1) is 11.8 Å². The highest BCUT2D eigenvalue weighted by molar-refractivity contribution is 6.07. The standard InChI is InChI=1S/C20H22F3N3O4/c1-30-10-13(7-19(14-4-5-14)17(28)24-18(29)25-19)16(27)26-8-11-2-3-15(20(21,22)23)6-12(11)9-26/h2-3,6,13-14H,4-5,7-10H2,1H3,(H2,24,25,28,29). The van der Waals surface area contributed by atoms with Gasteiger partial charge in [0.15, 0.2) is 0 Å². The summed E-state index contributed by atoms with van der Waals surface area (Å²) < 4.78 is 44.2. The maximum Gasteiger partial charge on any atom is 0.416 e. The lowest BCUT2D eigenvalue weighted by Gasteiger charge is -2.31. The molecular weight excluding hydrogens is 403 g/mol. The van der Waals surface area contributed by atoms with Crippen LogP contribution in [-0.2, 0) is 33.6 Å². The first-order valence-electron chi connectivity index (χ1n) is 9.74. The van der Waals surface area contributed by atoms with E-state index in [1.807, 2.05) is 0 Å². The summed E-state index contributed by atoms with van der Waals surface area (Å²) in [4.78, 5) is 39.0. The molecule has 4 amide bonds. The molecule has 3 aliphatic rings. The molecule has 1 saturated heterocycles. The van der Waals surface area contributed by atoms with Crippen LogP contribution in [0.5, 0.6) is 0 Å². The largest absolute Gasteiger partial charge is 0.416 e. The normalized spacial score (nSPS) is 24.5. The molecule has 162 valence electrons. The molecule has 0 aromatic heterocycles. The molecule has 2 N–H and O–H groups in total. The summed E-state index contributed by atoms with van der Waals surface area (Å²) in [6.07, 6.45) is -2.81. The fourth-order valence-corrected chi connectivity index (χ4v) is 4.47. The minimum Gasteiger partial charge on any atom is -0.384 e. The predicted octanol–water partition coefficient (Wildman–Crippen LogP) is 2.19.